The molecule has 6 nitrogen and oxygen atoms in total. The van der Waals surface area contributed by atoms with Crippen LogP contribution in [0.25, 0.3) is 0 Å². The van der Waals surface area contributed by atoms with Gasteiger partial charge in [-0.05, 0) is 13.8 Å². The van der Waals surface area contributed by atoms with E-state index in [9.17, 15) is 8.42 Å². The zero-order chi connectivity index (χ0) is 13.8. The smallest absolute Gasteiger partial charge is 0.282 e. The van der Waals surface area contributed by atoms with E-state index in [1.54, 1.807) is 6.92 Å². The van der Waals surface area contributed by atoms with Crippen molar-refractivity contribution in [3.63, 3.8) is 0 Å². The molecule has 0 aromatic heterocycles. The maximum absolute atomic E-state index is 12.4. The van der Waals surface area contributed by atoms with Gasteiger partial charge in [0.05, 0.1) is 18.3 Å². The Morgan fingerprint density at radius 3 is 2.39 bits per heavy atom. The molecular weight excluding hydrogens is 254 g/mol. The zero-order valence-electron chi connectivity index (χ0n) is 11.2. The molecule has 1 saturated heterocycles. The number of ether oxygens (including phenoxy) is 1. The Balaban J connectivity index is 2.80. The van der Waals surface area contributed by atoms with Crippen molar-refractivity contribution in [2.24, 2.45) is 0 Å². The standard InChI is InChI=1S/C11H21N3O3S/c1-4-13(7-5-6-12)18(15,16)14-8-10(2)17-11(3)9-14/h10-11H,4-5,7-9H2,1-3H3. The summed E-state index contributed by atoms with van der Waals surface area (Å²) in [4.78, 5) is 0. The third-order valence-electron chi connectivity index (χ3n) is 2.86. The van der Waals surface area contributed by atoms with E-state index in [2.05, 4.69) is 0 Å². The van der Waals surface area contributed by atoms with Crippen molar-refractivity contribution in [3.05, 3.63) is 0 Å². The molecule has 2 unspecified atom stereocenters. The van der Waals surface area contributed by atoms with E-state index in [1.807, 2.05) is 19.9 Å². The Morgan fingerprint density at radius 2 is 1.94 bits per heavy atom. The highest BCUT2D eigenvalue weighted by atomic mass is 32.2. The topological polar surface area (TPSA) is 73.6 Å². The molecule has 18 heavy (non-hydrogen) atoms. The van der Waals surface area contributed by atoms with Gasteiger partial charge >= 0.3 is 0 Å². The van der Waals surface area contributed by atoms with Crippen molar-refractivity contribution in [2.45, 2.75) is 39.4 Å². The van der Waals surface area contributed by atoms with Crippen LogP contribution in [0.1, 0.15) is 27.2 Å². The number of hydrogen-bond acceptors (Lipinski definition) is 4. The van der Waals surface area contributed by atoms with Crippen molar-refractivity contribution in [3.8, 4) is 6.07 Å². The second-order valence-electron chi connectivity index (χ2n) is 4.48. The van der Waals surface area contributed by atoms with Gasteiger partial charge in [-0.3, -0.25) is 0 Å². The Hall–Kier alpha value is -0.680. The van der Waals surface area contributed by atoms with Crippen LogP contribution in [-0.4, -0.2) is 55.4 Å². The number of rotatable bonds is 5. The highest BCUT2D eigenvalue weighted by Crippen LogP contribution is 2.17. The summed E-state index contributed by atoms with van der Waals surface area (Å²) in [5, 5.41) is 8.57. The Bertz CT molecular complexity index is 394. The van der Waals surface area contributed by atoms with Crippen LogP contribution < -0.4 is 0 Å². The molecule has 0 spiro atoms. The van der Waals surface area contributed by atoms with E-state index in [0.717, 1.165) is 0 Å². The summed E-state index contributed by atoms with van der Waals surface area (Å²) in [6.07, 6.45) is 0.0130. The van der Waals surface area contributed by atoms with Crippen molar-refractivity contribution in [1.82, 2.24) is 8.61 Å². The zero-order valence-corrected chi connectivity index (χ0v) is 12.0. The van der Waals surface area contributed by atoms with Gasteiger partial charge in [-0.1, -0.05) is 6.92 Å². The highest BCUT2D eigenvalue weighted by Gasteiger charge is 2.34. The molecule has 0 radical (unpaired) electrons. The SMILES string of the molecule is CCN(CCC#N)S(=O)(=O)N1CC(C)OC(C)C1. The third kappa shape index (κ3) is 3.65. The Labute approximate surface area is 109 Å². The van der Waals surface area contributed by atoms with E-state index in [-0.39, 0.29) is 25.2 Å². The van der Waals surface area contributed by atoms with Gasteiger partial charge in [-0.25, -0.2) is 0 Å². The van der Waals surface area contributed by atoms with Crippen LogP contribution in [0, 0.1) is 11.3 Å². The first-order chi connectivity index (χ1) is 8.41. The largest absolute Gasteiger partial charge is 0.373 e. The monoisotopic (exact) mass is 275 g/mol. The summed E-state index contributed by atoms with van der Waals surface area (Å²) in [6, 6.07) is 1.98. The predicted molar refractivity (Wildman–Crippen MR) is 68.0 cm³/mol. The van der Waals surface area contributed by atoms with Gasteiger partial charge in [-0.15, -0.1) is 0 Å². The summed E-state index contributed by atoms with van der Waals surface area (Å²) < 4.78 is 33.1. The van der Waals surface area contributed by atoms with Crippen LogP contribution in [0.15, 0.2) is 0 Å². The molecule has 1 aliphatic rings. The van der Waals surface area contributed by atoms with Crippen LogP contribution in [0.2, 0.25) is 0 Å². The maximum Gasteiger partial charge on any atom is 0.282 e. The molecule has 7 heteroatoms. The van der Waals surface area contributed by atoms with Crippen LogP contribution in [0.5, 0.6) is 0 Å². The molecule has 1 heterocycles. The minimum atomic E-state index is -3.48. The van der Waals surface area contributed by atoms with E-state index < -0.39 is 10.2 Å². The van der Waals surface area contributed by atoms with Gasteiger partial charge in [0.2, 0.25) is 0 Å². The van der Waals surface area contributed by atoms with Crippen LogP contribution in [0.4, 0.5) is 0 Å². The highest BCUT2D eigenvalue weighted by molar-refractivity contribution is 7.86. The third-order valence-corrected chi connectivity index (χ3v) is 4.91. The summed E-state index contributed by atoms with van der Waals surface area (Å²) in [5.41, 5.74) is 0. The molecule has 0 aromatic rings. The number of nitriles is 1. The van der Waals surface area contributed by atoms with Gasteiger partial charge in [0.1, 0.15) is 0 Å². The quantitative estimate of drug-likeness (QED) is 0.735. The van der Waals surface area contributed by atoms with E-state index in [0.29, 0.717) is 19.6 Å². The van der Waals surface area contributed by atoms with E-state index in [4.69, 9.17) is 10.00 Å². The van der Waals surface area contributed by atoms with Gasteiger partial charge < -0.3 is 4.74 Å². The fourth-order valence-corrected chi connectivity index (χ4v) is 3.87. The molecular formula is C11H21N3O3S. The molecule has 104 valence electrons. The van der Waals surface area contributed by atoms with E-state index in [1.165, 1.54) is 8.61 Å². The van der Waals surface area contributed by atoms with Gasteiger partial charge in [0.15, 0.2) is 0 Å². The average molecular weight is 275 g/mol. The molecule has 0 N–H and O–H groups in total. The number of morpholine rings is 1. The Kier molecular flexibility index (Phi) is 5.53. The minimum absolute atomic E-state index is 0.0989. The summed E-state index contributed by atoms with van der Waals surface area (Å²) >= 11 is 0. The lowest BCUT2D eigenvalue weighted by Gasteiger charge is -2.37. The Morgan fingerprint density at radius 1 is 1.39 bits per heavy atom. The molecule has 2 atom stereocenters. The number of nitrogens with zero attached hydrogens (tertiary/aromatic N) is 3. The van der Waals surface area contributed by atoms with Crippen LogP contribution in [0.3, 0.4) is 0 Å². The lowest BCUT2D eigenvalue weighted by Crippen LogP contribution is -2.53. The van der Waals surface area contributed by atoms with Crippen LogP contribution in [-0.2, 0) is 14.9 Å². The van der Waals surface area contributed by atoms with Gasteiger partial charge in [-0.2, -0.15) is 22.3 Å². The normalized spacial score (nSPS) is 26.2. The molecule has 1 rings (SSSR count). The van der Waals surface area contributed by atoms with Gasteiger partial charge in [0.25, 0.3) is 10.2 Å². The second kappa shape index (κ2) is 6.48. The molecule has 0 saturated carbocycles. The summed E-state index contributed by atoms with van der Waals surface area (Å²) in [5.74, 6) is 0. The number of hydrogen-bond donors (Lipinski definition) is 0. The molecule has 1 fully saturated rings. The van der Waals surface area contributed by atoms with Crippen molar-refractivity contribution < 1.29 is 13.2 Å². The van der Waals surface area contributed by atoms with Gasteiger partial charge in [0, 0.05) is 32.6 Å². The van der Waals surface area contributed by atoms with Crippen LogP contribution >= 0.6 is 0 Å². The fraction of sp³-hybridized carbons (Fsp3) is 0.909. The molecule has 0 aromatic carbocycles. The second-order valence-corrected chi connectivity index (χ2v) is 6.41. The first-order valence-corrected chi connectivity index (χ1v) is 7.59. The van der Waals surface area contributed by atoms with E-state index >= 15 is 0 Å². The van der Waals surface area contributed by atoms with Crippen molar-refractivity contribution in [2.75, 3.05) is 26.2 Å². The molecule has 0 amide bonds. The first kappa shape index (κ1) is 15.4. The van der Waals surface area contributed by atoms with Crippen molar-refractivity contribution >= 4 is 10.2 Å². The lowest BCUT2D eigenvalue weighted by atomic mass is 10.3. The maximum atomic E-state index is 12.4. The molecule has 0 aliphatic carbocycles. The summed E-state index contributed by atoms with van der Waals surface area (Å²) in [6.45, 7) is 6.88. The molecule has 1 aliphatic heterocycles. The summed E-state index contributed by atoms with van der Waals surface area (Å²) in [7, 11) is -3.48. The first-order valence-electron chi connectivity index (χ1n) is 6.19. The average Bonchev–Trinajstić information content (AvgIpc) is 2.28. The predicted octanol–water partition coefficient (Wildman–Crippen LogP) is 0.576. The lowest BCUT2D eigenvalue weighted by molar-refractivity contribution is -0.0454. The molecule has 0 bridgehead atoms. The van der Waals surface area contributed by atoms with Crippen molar-refractivity contribution in [1.29, 1.82) is 5.26 Å². The minimum Gasteiger partial charge on any atom is -0.373 e. The fourth-order valence-electron chi connectivity index (χ4n) is 2.09.